The van der Waals surface area contributed by atoms with Gasteiger partial charge in [0.25, 0.3) is 0 Å². The van der Waals surface area contributed by atoms with E-state index in [0.717, 1.165) is 10.4 Å². The van der Waals surface area contributed by atoms with Crippen LogP contribution < -0.4 is 5.32 Å². The molecule has 1 amide bonds. The second-order valence-electron chi connectivity index (χ2n) is 5.68. The number of hydrogen-bond acceptors (Lipinski definition) is 4. The molecule has 0 spiro atoms. The maximum Gasteiger partial charge on any atom is 0.248 e. The van der Waals surface area contributed by atoms with Gasteiger partial charge in [0.2, 0.25) is 5.91 Å². The van der Waals surface area contributed by atoms with Gasteiger partial charge in [0.05, 0.1) is 11.2 Å². The van der Waals surface area contributed by atoms with Crippen LogP contribution in [0.5, 0.6) is 5.75 Å². The molecule has 0 aliphatic heterocycles. The van der Waals surface area contributed by atoms with Crippen LogP contribution in [0, 0.1) is 0 Å². The number of aromatic nitrogens is 1. The zero-order chi connectivity index (χ0) is 15.5. The zero-order valence-corrected chi connectivity index (χ0v) is 13.1. The summed E-state index contributed by atoms with van der Waals surface area (Å²) in [5, 5.41) is 13.0. The Hall–Kier alpha value is -2.14. The van der Waals surface area contributed by atoms with E-state index in [1.54, 1.807) is 23.8 Å². The van der Waals surface area contributed by atoms with Gasteiger partial charge in [-0.1, -0.05) is 32.9 Å². The number of phenols is 1. The summed E-state index contributed by atoms with van der Waals surface area (Å²) in [6.07, 6.45) is 4.81. The largest absolute Gasteiger partial charge is 0.505 e. The lowest BCUT2D eigenvalue weighted by Gasteiger charge is -2.21. The predicted octanol–water partition coefficient (Wildman–Crippen LogP) is 3.80. The zero-order valence-electron chi connectivity index (χ0n) is 12.3. The Labute approximate surface area is 128 Å². The van der Waals surface area contributed by atoms with Crippen LogP contribution in [-0.2, 0) is 10.2 Å². The highest BCUT2D eigenvalue weighted by Crippen LogP contribution is 2.35. The maximum absolute atomic E-state index is 11.9. The molecule has 0 bridgehead atoms. The van der Waals surface area contributed by atoms with Gasteiger partial charge in [-0.15, -0.1) is 11.3 Å². The van der Waals surface area contributed by atoms with E-state index in [-0.39, 0.29) is 17.1 Å². The van der Waals surface area contributed by atoms with Crippen molar-refractivity contribution in [3.63, 3.8) is 0 Å². The minimum Gasteiger partial charge on any atom is -0.505 e. The fourth-order valence-corrected chi connectivity index (χ4v) is 2.40. The number of para-hydroxylation sites is 1. The fraction of sp³-hybridized carbons (Fsp3) is 0.250. The molecule has 2 rings (SSSR count). The molecule has 2 aromatic rings. The average Bonchev–Trinajstić information content (AvgIpc) is 2.90. The molecular weight excluding hydrogens is 284 g/mol. The number of nitrogens with zero attached hydrogens (tertiary/aromatic N) is 1. The Morgan fingerprint density at radius 1 is 1.38 bits per heavy atom. The maximum atomic E-state index is 11.9. The number of rotatable bonds is 3. The molecule has 2 N–H and O–H groups in total. The summed E-state index contributed by atoms with van der Waals surface area (Å²) >= 11 is 1.45. The SMILES string of the molecule is CC(C)(C)c1cccc(NC(=O)/C=C/c2cncs2)c1O. The molecule has 0 unspecified atom stereocenters. The Morgan fingerprint density at radius 2 is 2.14 bits per heavy atom. The molecule has 1 aromatic heterocycles. The Balaban J connectivity index is 2.15. The highest BCUT2D eigenvalue weighted by atomic mass is 32.1. The molecule has 4 nitrogen and oxygen atoms in total. The molecule has 0 fully saturated rings. The summed E-state index contributed by atoms with van der Waals surface area (Å²) in [7, 11) is 0. The van der Waals surface area contributed by atoms with E-state index in [0.29, 0.717) is 5.69 Å². The summed E-state index contributed by atoms with van der Waals surface area (Å²) in [6, 6.07) is 5.37. The van der Waals surface area contributed by atoms with E-state index in [2.05, 4.69) is 10.3 Å². The molecule has 0 saturated heterocycles. The first kappa shape index (κ1) is 15.3. The van der Waals surface area contributed by atoms with Crippen molar-refractivity contribution < 1.29 is 9.90 Å². The first-order chi connectivity index (χ1) is 9.88. The third kappa shape index (κ3) is 3.92. The number of aromatic hydroxyl groups is 1. The minimum atomic E-state index is -0.287. The molecule has 0 aliphatic rings. The van der Waals surface area contributed by atoms with Gasteiger partial charge in [0.15, 0.2) is 0 Å². The molecule has 110 valence electrons. The third-order valence-corrected chi connectivity index (χ3v) is 3.69. The van der Waals surface area contributed by atoms with Gasteiger partial charge in [-0.05, 0) is 17.6 Å². The lowest BCUT2D eigenvalue weighted by Crippen LogP contribution is -2.13. The summed E-state index contributed by atoms with van der Waals surface area (Å²) < 4.78 is 0. The second kappa shape index (κ2) is 6.10. The number of benzene rings is 1. The van der Waals surface area contributed by atoms with Gasteiger partial charge < -0.3 is 10.4 Å². The smallest absolute Gasteiger partial charge is 0.248 e. The summed E-state index contributed by atoms with van der Waals surface area (Å²) in [4.78, 5) is 16.7. The predicted molar refractivity (Wildman–Crippen MR) is 86.6 cm³/mol. The number of phenolic OH excluding ortho intramolecular Hbond substituents is 1. The molecule has 0 aliphatic carbocycles. The van der Waals surface area contributed by atoms with Crippen molar-refractivity contribution in [3.8, 4) is 5.75 Å². The number of anilines is 1. The Bertz CT molecular complexity index is 655. The molecule has 0 saturated carbocycles. The van der Waals surface area contributed by atoms with E-state index >= 15 is 0 Å². The van der Waals surface area contributed by atoms with Crippen molar-refractivity contribution in [1.82, 2.24) is 4.98 Å². The van der Waals surface area contributed by atoms with E-state index in [9.17, 15) is 9.90 Å². The van der Waals surface area contributed by atoms with E-state index in [1.807, 2.05) is 32.9 Å². The monoisotopic (exact) mass is 302 g/mol. The normalized spacial score (nSPS) is 11.8. The topological polar surface area (TPSA) is 62.2 Å². The van der Waals surface area contributed by atoms with Crippen LogP contribution in [0.3, 0.4) is 0 Å². The van der Waals surface area contributed by atoms with Crippen LogP contribution in [0.25, 0.3) is 6.08 Å². The quantitative estimate of drug-likeness (QED) is 0.669. The second-order valence-corrected chi connectivity index (χ2v) is 6.60. The number of carbonyl (C=O) groups is 1. The number of thiazole rings is 1. The molecule has 0 atom stereocenters. The van der Waals surface area contributed by atoms with Crippen molar-refractivity contribution in [2.45, 2.75) is 26.2 Å². The van der Waals surface area contributed by atoms with Gasteiger partial charge in [-0.2, -0.15) is 0 Å². The first-order valence-corrected chi connectivity index (χ1v) is 7.46. The molecule has 1 aromatic carbocycles. The van der Waals surface area contributed by atoms with Crippen LogP contribution >= 0.6 is 11.3 Å². The van der Waals surface area contributed by atoms with Crippen LogP contribution in [0.1, 0.15) is 31.2 Å². The average molecular weight is 302 g/mol. The fourth-order valence-electron chi connectivity index (χ4n) is 1.89. The molecule has 1 heterocycles. The number of hydrogen-bond donors (Lipinski definition) is 2. The number of nitrogens with one attached hydrogen (secondary N) is 1. The summed E-state index contributed by atoms with van der Waals surface area (Å²) in [5.74, 6) is -0.172. The summed E-state index contributed by atoms with van der Waals surface area (Å²) in [6.45, 7) is 6.03. The molecule has 0 radical (unpaired) electrons. The van der Waals surface area contributed by atoms with Crippen molar-refractivity contribution in [2.24, 2.45) is 0 Å². The van der Waals surface area contributed by atoms with Gasteiger partial charge in [-0.25, -0.2) is 0 Å². The van der Waals surface area contributed by atoms with Gasteiger partial charge >= 0.3 is 0 Å². The van der Waals surface area contributed by atoms with E-state index in [1.165, 1.54) is 17.4 Å². The highest BCUT2D eigenvalue weighted by Gasteiger charge is 2.20. The standard InChI is InChI=1S/C16H18N2O2S/c1-16(2,3)12-5-4-6-13(15(12)20)18-14(19)8-7-11-9-17-10-21-11/h4-10,20H,1-3H3,(H,18,19)/b8-7+. The van der Waals surface area contributed by atoms with E-state index < -0.39 is 0 Å². The molecular formula is C16H18N2O2S. The summed E-state index contributed by atoms with van der Waals surface area (Å²) in [5.41, 5.74) is 2.73. The molecule has 5 heteroatoms. The van der Waals surface area contributed by atoms with Crippen molar-refractivity contribution in [2.75, 3.05) is 5.32 Å². The third-order valence-electron chi connectivity index (χ3n) is 2.95. The number of carbonyl (C=O) groups excluding carboxylic acids is 1. The minimum absolute atomic E-state index is 0.115. The van der Waals surface area contributed by atoms with Crippen LogP contribution in [0.4, 0.5) is 5.69 Å². The first-order valence-electron chi connectivity index (χ1n) is 6.58. The van der Waals surface area contributed by atoms with Gasteiger partial charge in [0, 0.05) is 22.7 Å². The van der Waals surface area contributed by atoms with Crippen LogP contribution in [0.2, 0.25) is 0 Å². The lowest BCUT2D eigenvalue weighted by atomic mass is 9.86. The highest BCUT2D eigenvalue weighted by molar-refractivity contribution is 7.10. The number of amides is 1. The Morgan fingerprint density at radius 3 is 2.76 bits per heavy atom. The van der Waals surface area contributed by atoms with Crippen LogP contribution in [-0.4, -0.2) is 16.0 Å². The van der Waals surface area contributed by atoms with Gasteiger partial charge in [0.1, 0.15) is 5.75 Å². The van der Waals surface area contributed by atoms with Crippen molar-refractivity contribution in [1.29, 1.82) is 0 Å². The van der Waals surface area contributed by atoms with E-state index in [4.69, 9.17) is 0 Å². The van der Waals surface area contributed by atoms with Crippen molar-refractivity contribution in [3.05, 3.63) is 46.4 Å². The van der Waals surface area contributed by atoms with Crippen LogP contribution in [0.15, 0.2) is 36.0 Å². The Kier molecular flexibility index (Phi) is 4.43. The van der Waals surface area contributed by atoms with Crippen molar-refractivity contribution >= 4 is 29.0 Å². The van der Waals surface area contributed by atoms with Gasteiger partial charge in [-0.3, -0.25) is 9.78 Å². The lowest BCUT2D eigenvalue weighted by molar-refractivity contribution is -0.111. The molecule has 21 heavy (non-hydrogen) atoms.